The van der Waals surface area contributed by atoms with Gasteiger partial charge in [0.25, 0.3) is 5.56 Å². The zero-order chi connectivity index (χ0) is 14.1. The molecule has 0 N–H and O–H groups in total. The van der Waals surface area contributed by atoms with Crippen LogP contribution in [0.3, 0.4) is 0 Å². The van der Waals surface area contributed by atoms with Gasteiger partial charge in [-0.15, -0.1) is 0 Å². The lowest BCUT2D eigenvalue weighted by Gasteiger charge is -2.45. The lowest BCUT2D eigenvalue weighted by molar-refractivity contribution is -0.0455. The van der Waals surface area contributed by atoms with Crippen LogP contribution in [-0.2, 0) is 11.8 Å². The molecule has 2 aliphatic rings. The third-order valence-electron chi connectivity index (χ3n) is 4.36. The molecule has 0 amide bonds. The van der Waals surface area contributed by atoms with E-state index >= 15 is 0 Å². The van der Waals surface area contributed by atoms with Crippen molar-refractivity contribution in [2.75, 3.05) is 26.3 Å². The molecule has 3 heterocycles. The predicted molar refractivity (Wildman–Crippen MR) is 76.3 cm³/mol. The van der Waals surface area contributed by atoms with Gasteiger partial charge in [0.15, 0.2) is 0 Å². The molecule has 110 valence electrons. The molecule has 0 aliphatic carbocycles. The molecular weight excluding hydrogens is 256 g/mol. The summed E-state index contributed by atoms with van der Waals surface area (Å²) in [5, 5.41) is 0. The summed E-state index contributed by atoms with van der Waals surface area (Å²) in [6.45, 7) is 5.59. The Balaban J connectivity index is 1.55. The topological polar surface area (TPSA) is 43.7 Å². The van der Waals surface area contributed by atoms with E-state index in [0.717, 1.165) is 44.8 Å². The monoisotopic (exact) mass is 278 g/mol. The summed E-state index contributed by atoms with van der Waals surface area (Å²) < 4.78 is 12.9. The first-order chi connectivity index (χ1) is 9.63. The summed E-state index contributed by atoms with van der Waals surface area (Å²) in [5.74, 6) is 0.697. The minimum atomic E-state index is -0.0133. The molecule has 1 aromatic heterocycles. The Bertz CT molecular complexity index is 528. The van der Waals surface area contributed by atoms with E-state index in [4.69, 9.17) is 9.47 Å². The Morgan fingerprint density at radius 1 is 1.25 bits per heavy atom. The Hall–Kier alpha value is -1.33. The number of rotatable bonds is 3. The first-order valence-corrected chi connectivity index (χ1v) is 7.29. The van der Waals surface area contributed by atoms with Gasteiger partial charge < -0.3 is 14.0 Å². The van der Waals surface area contributed by atoms with Crippen molar-refractivity contribution in [3.05, 3.63) is 28.2 Å². The van der Waals surface area contributed by atoms with Crippen molar-refractivity contribution < 1.29 is 9.47 Å². The Morgan fingerprint density at radius 2 is 1.95 bits per heavy atom. The first kappa shape index (κ1) is 13.6. The van der Waals surface area contributed by atoms with Crippen LogP contribution in [0.25, 0.3) is 0 Å². The number of likely N-dealkylation sites (tertiary alicyclic amines) is 1. The summed E-state index contributed by atoms with van der Waals surface area (Å²) in [5.41, 5.74) is 0.911. The highest BCUT2D eigenvalue weighted by Crippen LogP contribution is 2.23. The van der Waals surface area contributed by atoms with Crippen LogP contribution in [0.4, 0.5) is 0 Å². The lowest BCUT2D eigenvalue weighted by atomic mass is 10.0. The number of pyridine rings is 1. The van der Waals surface area contributed by atoms with Crippen molar-refractivity contribution in [2.24, 2.45) is 7.05 Å². The largest absolute Gasteiger partial charge is 0.487 e. The van der Waals surface area contributed by atoms with Crippen molar-refractivity contribution in [2.45, 2.75) is 31.9 Å². The zero-order valence-electron chi connectivity index (χ0n) is 12.2. The van der Waals surface area contributed by atoms with Crippen LogP contribution in [0.1, 0.15) is 18.5 Å². The van der Waals surface area contributed by atoms with Gasteiger partial charge in [-0.1, -0.05) is 0 Å². The standard InChI is InChI=1S/C15H22N2O3/c1-11-7-13(8-15(18)16(11)2)20-14-9-17(10-14)12-3-5-19-6-4-12/h7-8,12,14H,3-6,9-10H2,1-2H3. The second kappa shape index (κ2) is 5.58. The zero-order valence-corrected chi connectivity index (χ0v) is 12.2. The van der Waals surface area contributed by atoms with Crippen LogP contribution in [0, 0.1) is 6.92 Å². The van der Waals surface area contributed by atoms with Gasteiger partial charge in [0.1, 0.15) is 11.9 Å². The Morgan fingerprint density at radius 3 is 2.60 bits per heavy atom. The van der Waals surface area contributed by atoms with Crippen LogP contribution in [0.5, 0.6) is 5.75 Å². The molecular formula is C15H22N2O3. The van der Waals surface area contributed by atoms with Gasteiger partial charge in [-0.25, -0.2) is 0 Å². The number of hydrogen-bond acceptors (Lipinski definition) is 4. The Kier molecular flexibility index (Phi) is 3.81. The van der Waals surface area contributed by atoms with Crippen LogP contribution in [0.2, 0.25) is 0 Å². The number of ether oxygens (including phenoxy) is 2. The number of hydrogen-bond donors (Lipinski definition) is 0. The van der Waals surface area contributed by atoms with E-state index in [0.29, 0.717) is 11.8 Å². The quantitative estimate of drug-likeness (QED) is 0.825. The van der Waals surface area contributed by atoms with Crippen molar-refractivity contribution >= 4 is 0 Å². The maximum Gasteiger partial charge on any atom is 0.254 e. The second-order valence-electron chi connectivity index (χ2n) is 5.77. The smallest absolute Gasteiger partial charge is 0.254 e. The molecule has 2 aliphatic heterocycles. The number of aromatic nitrogens is 1. The minimum absolute atomic E-state index is 0.0133. The van der Waals surface area contributed by atoms with E-state index < -0.39 is 0 Å². The summed E-state index contributed by atoms with van der Waals surface area (Å²) in [7, 11) is 1.78. The molecule has 0 radical (unpaired) electrons. The van der Waals surface area contributed by atoms with Crippen LogP contribution in [0.15, 0.2) is 16.9 Å². The van der Waals surface area contributed by atoms with E-state index in [2.05, 4.69) is 4.90 Å². The van der Waals surface area contributed by atoms with Crippen LogP contribution >= 0.6 is 0 Å². The maximum atomic E-state index is 11.7. The van der Waals surface area contributed by atoms with Gasteiger partial charge in [-0.3, -0.25) is 9.69 Å². The van der Waals surface area contributed by atoms with Gasteiger partial charge in [-0.05, 0) is 25.8 Å². The SMILES string of the molecule is Cc1cc(OC2CN(C3CCOCC3)C2)cc(=O)n1C. The van der Waals surface area contributed by atoms with Gasteiger partial charge in [0.2, 0.25) is 0 Å². The van der Waals surface area contributed by atoms with E-state index in [1.54, 1.807) is 17.7 Å². The molecule has 5 nitrogen and oxygen atoms in total. The highest BCUT2D eigenvalue weighted by molar-refractivity contribution is 5.23. The molecule has 0 atom stereocenters. The molecule has 0 unspecified atom stereocenters. The lowest BCUT2D eigenvalue weighted by Crippen LogP contribution is -2.58. The molecule has 0 aromatic carbocycles. The van der Waals surface area contributed by atoms with Gasteiger partial charge >= 0.3 is 0 Å². The summed E-state index contributed by atoms with van der Waals surface area (Å²) in [6, 6.07) is 4.15. The van der Waals surface area contributed by atoms with Gasteiger partial charge in [0, 0.05) is 51.2 Å². The van der Waals surface area contributed by atoms with Crippen molar-refractivity contribution in [3.63, 3.8) is 0 Å². The fourth-order valence-corrected chi connectivity index (χ4v) is 2.89. The van der Waals surface area contributed by atoms with Gasteiger partial charge in [-0.2, -0.15) is 0 Å². The summed E-state index contributed by atoms with van der Waals surface area (Å²) in [4.78, 5) is 14.2. The number of nitrogens with zero attached hydrogens (tertiary/aromatic N) is 2. The van der Waals surface area contributed by atoms with E-state index in [-0.39, 0.29) is 11.7 Å². The molecule has 3 rings (SSSR count). The molecule has 5 heteroatoms. The van der Waals surface area contributed by atoms with E-state index in [1.165, 1.54) is 0 Å². The van der Waals surface area contributed by atoms with Crippen molar-refractivity contribution in [1.29, 1.82) is 0 Å². The Labute approximate surface area is 119 Å². The third kappa shape index (κ3) is 2.74. The fourth-order valence-electron chi connectivity index (χ4n) is 2.89. The summed E-state index contributed by atoms with van der Waals surface area (Å²) in [6.07, 6.45) is 2.46. The highest BCUT2D eigenvalue weighted by atomic mass is 16.5. The molecule has 1 aromatic rings. The minimum Gasteiger partial charge on any atom is -0.487 e. The number of aryl methyl sites for hydroxylation is 1. The molecule has 2 fully saturated rings. The summed E-state index contributed by atoms with van der Waals surface area (Å²) >= 11 is 0. The van der Waals surface area contributed by atoms with Crippen LogP contribution < -0.4 is 10.3 Å². The first-order valence-electron chi connectivity index (χ1n) is 7.29. The van der Waals surface area contributed by atoms with Crippen molar-refractivity contribution in [1.82, 2.24) is 9.47 Å². The predicted octanol–water partition coefficient (Wildman–Crippen LogP) is 0.936. The molecule has 0 bridgehead atoms. The second-order valence-corrected chi connectivity index (χ2v) is 5.77. The average molecular weight is 278 g/mol. The highest BCUT2D eigenvalue weighted by Gasteiger charge is 2.34. The van der Waals surface area contributed by atoms with E-state index in [9.17, 15) is 4.79 Å². The molecule has 2 saturated heterocycles. The molecule has 20 heavy (non-hydrogen) atoms. The third-order valence-corrected chi connectivity index (χ3v) is 4.36. The fraction of sp³-hybridized carbons (Fsp3) is 0.667. The maximum absolute atomic E-state index is 11.7. The molecule has 0 saturated carbocycles. The van der Waals surface area contributed by atoms with Crippen LogP contribution in [-0.4, -0.2) is 47.9 Å². The molecule has 0 spiro atoms. The average Bonchev–Trinajstić information content (AvgIpc) is 2.40. The normalized spacial score (nSPS) is 21.7. The van der Waals surface area contributed by atoms with E-state index in [1.807, 2.05) is 13.0 Å². The van der Waals surface area contributed by atoms with Gasteiger partial charge in [0.05, 0.1) is 0 Å². The van der Waals surface area contributed by atoms with Crippen molar-refractivity contribution in [3.8, 4) is 5.75 Å².